The zero-order chi connectivity index (χ0) is 17.1. The lowest BCUT2D eigenvalue weighted by molar-refractivity contribution is 0.0943. The van der Waals surface area contributed by atoms with E-state index < -0.39 is 0 Å². The maximum absolute atomic E-state index is 12.4. The van der Waals surface area contributed by atoms with Gasteiger partial charge in [0.15, 0.2) is 5.69 Å². The minimum absolute atomic E-state index is 0.137. The molecule has 0 aliphatic heterocycles. The number of rotatable bonds is 6. The summed E-state index contributed by atoms with van der Waals surface area (Å²) in [5, 5.41) is 5.70. The average molecular weight is 344 g/mol. The first-order chi connectivity index (χ1) is 11.6. The fourth-order valence-electron chi connectivity index (χ4n) is 2.35. The lowest BCUT2D eigenvalue weighted by Crippen LogP contribution is -2.28. The van der Waals surface area contributed by atoms with Gasteiger partial charge in [-0.1, -0.05) is 30.3 Å². The van der Waals surface area contributed by atoms with Crippen LogP contribution >= 0.6 is 11.5 Å². The van der Waals surface area contributed by atoms with Gasteiger partial charge in [-0.3, -0.25) is 9.59 Å². The Hall–Kier alpha value is -2.41. The Morgan fingerprint density at radius 1 is 1.29 bits per heavy atom. The van der Waals surface area contributed by atoms with Gasteiger partial charge in [-0.2, -0.15) is 4.37 Å². The highest BCUT2D eigenvalue weighted by molar-refractivity contribution is 7.09. The first-order valence-electron chi connectivity index (χ1n) is 7.95. The van der Waals surface area contributed by atoms with E-state index in [-0.39, 0.29) is 34.1 Å². The predicted molar refractivity (Wildman–Crippen MR) is 93.9 cm³/mol. The SMILES string of the molecule is C[C@@H](NC(=O)c1snc(C(=O)NCC2CC2)c1N)c1ccccc1. The van der Waals surface area contributed by atoms with Crippen LogP contribution in [0.25, 0.3) is 0 Å². The molecule has 4 N–H and O–H groups in total. The number of amides is 2. The Labute approximate surface area is 144 Å². The second-order valence-corrected chi connectivity index (χ2v) is 6.81. The predicted octanol–water partition coefficient (Wildman–Crippen LogP) is 2.36. The zero-order valence-electron chi connectivity index (χ0n) is 13.4. The van der Waals surface area contributed by atoms with E-state index in [1.54, 1.807) is 0 Å². The summed E-state index contributed by atoms with van der Waals surface area (Å²) in [5.41, 5.74) is 7.25. The summed E-state index contributed by atoms with van der Waals surface area (Å²) >= 11 is 0.952. The van der Waals surface area contributed by atoms with Gasteiger partial charge < -0.3 is 16.4 Å². The number of nitrogens with one attached hydrogen (secondary N) is 2. The summed E-state index contributed by atoms with van der Waals surface area (Å²) in [6.45, 7) is 2.54. The number of hydrogen-bond acceptors (Lipinski definition) is 5. The molecule has 1 heterocycles. The molecule has 1 aromatic heterocycles. The number of nitrogens with zero attached hydrogens (tertiary/aromatic N) is 1. The summed E-state index contributed by atoms with van der Waals surface area (Å²) in [6.07, 6.45) is 2.30. The van der Waals surface area contributed by atoms with Crippen molar-refractivity contribution in [2.24, 2.45) is 5.92 Å². The Morgan fingerprint density at radius 2 is 2.00 bits per heavy atom. The molecule has 1 aliphatic rings. The zero-order valence-corrected chi connectivity index (χ0v) is 14.2. The van der Waals surface area contributed by atoms with Crippen molar-refractivity contribution in [3.8, 4) is 0 Å². The second-order valence-electron chi connectivity index (χ2n) is 6.03. The van der Waals surface area contributed by atoms with Crippen LogP contribution in [0.2, 0.25) is 0 Å². The summed E-state index contributed by atoms with van der Waals surface area (Å²) in [7, 11) is 0. The van der Waals surface area contributed by atoms with E-state index in [0.29, 0.717) is 12.5 Å². The standard InChI is InChI=1S/C17H20N4O2S/c1-10(12-5-3-2-4-6-12)20-17(23)15-13(18)14(21-24-15)16(22)19-9-11-7-8-11/h2-6,10-11H,7-9,18H2,1H3,(H,19,22)(H,20,23)/t10-/m1/s1. The molecule has 6 nitrogen and oxygen atoms in total. The van der Waals surface area contributed by atoms with Gasteiger partial charge in [0.25, 0.3) is 11.8 Å². The number of anilines is 1. The van der Waals surface area contributed by atoms with Crippen molar-refractivity contribution in [1.29, 1.82) is 0 Å². The second kappa shape index (κ2) is 7.00. The maximum Gasteiger partial charge on any atom is 0.273 e. The molecule has 1 aliphatic carbocycles. The minimum atomic E-state index is -0.317. The van der Waals surface area contributed by atoms with E-state index in [9.17, 15) is 9.59 Å². The number of nitrogen functional groups attached to an aromatic ring is 1. The molecule has 0 spiro atoms. The monoisotopic (exact) mass is 344 g/mol. The molecular weight excluding hydrogens is 324 g/mol. The average Bonchev–Trinajstić information content (AvgIpc) is 3.34. The van der Waals surface area contributed by atoms with Crippen molar-refractivity contribution >= 4 is 29.0 Å². The molecule has 2 aromatic rings. The molecule has 1 aromatic carbocycles. The maximum atomic E-state index is 12.4. The van der Waals surface area contributed by atoms with Gasteiger partial charge in [0.05, 0.1) is 11.7 Å². The Bertz CT molecular complexity index is 740. The molecule has 1 fully saturated rings. The smallest absolute Gasteiger partial charge is 0.273 e. The van der Waals surface area contributed by atoms with Crippen LogP contribution in [0.5, 0.6) is 0 Å². The molecule has 0 bridgehead atoms. The lowest BCUT2D eigenvalue weighted by Gasteiger charge is -2.13. The van der Waals surface area contributed by atoms with Crippen LogP contribution in [-0.2, 0) is 0 Å². The van der Waals surface area contributed by atoms with E-state index in [1.807, 2.05) is 37.3 Å². The van der Waals surface area contributed by atoms with E-state index >= 15 is 0 Å². The number of benzene rings is 1. The first kappa shape index (κ1) is 16.4. The summed E-state index contributed by atoms with van der Waals surface area (Å²) in [6, 6.07) is 9.48. The number of nitrogens with two attached hydrogens (primary N) is 1. The number of carbonyl (C=O) groups excluding carboxylic acids is 2. The Balaban J connectivity index is 1.65. The molecule has 24 heavy (non-hydrogen) atoms. The van der Waals surface area contributed by atoms with Crippen LogP contribution in [0.15, 0.2) is 30.3 Å². The highest BCUT2D eigenvalue weighted by Gasteiger charge is 2.26. The fraction of sp³-hybridized carbons (Fsp3) is 0.353. The number of aromatic nitrogens is 1. The molecule has 1 saturated carbocycles. The third-order valence-corrected chi connectivity index (χ3v) is 4.91. The molecule has 2 amide bonds. The molecule has 0 radical (unpaired) electrons. The topological polar surface area (TPSA) is 97.1 Å². The van der Waals surface area contributed by atoms with E-state index in [1.165, 1.54) is 0 Å². The number of hydrogen-bond donors (Lipinski definition) is 3. The molecule has 3 rings (SSSR count). The molecule has 1 atom stereocenters. The van der Waals surface area contributed by atoms with Crippen molar-refractivity contribution < 1.29 is 9.59 Å². The molecule has 126 valence electrons. The highest BCUT2D eigenvalue weighted by atomic mass is 32.1. The third kappa shape index (κ3) is 3.73. The van der Waals surface area contributed by atoms with Crippen LogP contribution in [0.4, 0.5) is 5.69 Å². The molecule has 0 saturated heterocycles. The number of carbonyl (C=O) groups is 2. The molecule has 7 heteroatoms. The highest BCUT2D eigenvalue weighted by Crippen LogP contribution is 2.28. The van der Waals surface area contributed by atoms with E-state index in [4.69, 9.17) is 5.73 Å². The Kier molecular flexibility index (Phi) is 4.80. The van der Waals surface area contributed by atoms with E-state index in [2.05, 4.69) is 15.0 Å². The summed E-state index contributed by atoms with van der Waals surface area (Å²) < 4.78 is 4.06. The normalized spacial score (nSPS) is 14.9. The van der Waals surface area contributed by atoms with Gasteiger partial charge in [0, 0.05) is 6.54 Å². The van der Waals surface area contributed by atoms with Gasteiger partial charge in [0.1, 0.15) is 4.88 Å². The largest absolute Gasteiger partial charge is 0.395 e. The van der Waals surface area contributed by atoms with Crippen molar-refractivity contribution in [3.63, 3.8) is 0 Å². The van der Waals surface area contributed by atoms with Crippen molar-refractivity contribution in [3.05, 3.63) is 46.5 Å². The van der Waals surface area contributed by atoms with E-state index in [0.717, 1.165) is 29.9 Å². The van der Waals surface area contributed by atoms with Gasteiger partial charge in [0.2, 0.25) is 0 Å². The first-order valence-corrected chi connectivity index (χ1v) is 8.72. The minimum Gasteiger partial charge on any atom is -0.395 e. The molecule has 0 unspecified atom stereocenters. The Morgan fingerprint density at radius 3 is 2.67 bits per heavy atom. The van der Waals surface area contributed by atoms with Crippen molar-refractivity contribution in [2.75, 3.05) is 12.3 Å². The van der Waals surface area contributed by atoms with Gasteiger partial charge >= 0.3 is 0 Å². The molecular formula is C17H20N4O2S. The van der Waals surface area contributed by atoms with Gasteiger partial charge in [-0.05, 0) is 42.8 Å². The van der Waals surface area contributed by atoms with Gasteiger partial charge in [-0.25, -0.2) is 0 Å². The summed E-state index contributed by atoms with van der Waals surface area (Å²) in [4.78, 5) is 24.8. The summed E-state index contributed by atoms with van der Waals surface area (Å²) in [5.74, 6) is -0.0586. The van der Waals surface area contributed by atoms with Crippen LogP contribution < -0.4 is 16.4 Å². The van der Waals surface area contributed by atoms with Crippen molar-refractivity contribution in [1.82, 2.24) is 15.0 Å². The van der Waals surface area contributed by atoms with Crippen LogP contribution in [0, 0.1) is 5.92 Å². The third-order valence-electron chi connectivity index (χ3n) is 4.04. The fourth-order valence-corrected chi connectivity index (χ4v) is 3.06. The van der Waals surface area contributed by atoms with Crippen LogP contribution in [-0.4, -0.2) is 22.7 Å². The van der Waals surface area contributed by atoms with Crippen molar-refractivity contribution in [2.45, 2.75) is 25.8 Å². The lowest BCUT2D eigenvalue weighted by atomic mass is 10.1. The van der Waals surface area contributed by atoms with Crippen LogP contribution in [0.3, 0.4) is 0 Å². The van der Waals surface area contributed by atoms with Gasteiger partial charge in [-0.15, -0.1) is 0 Å². The quantitative estimate of drug-likeness (QED) is 0.749. The van der Waals surface area contributed by atoms with Crippen LogP contribution in [0.1, 0.15) is 51.5 Å².